The first-order chi connectivity index (χ1) is 57.3. The van der Waals surface area contributed by atoms with Crippen molar-refractivity contribution < 1.29 is 795 Å². The third-order valence-electron chi connectivity index (χ3n) is 15.3. The van der Waals surface area contributed by atoms with E-state index in [1.807, 2.05) is 0 Å². The summed E-state index contributed by atoms with van der Waals surface area (Å²) in [6, 6.07) is 0. The zero-order valence-corrected chi connectivity index (χ0v) is 122. The molecule has 5 fully saturated rings. The molecule has 5 saturated heterocycles. The van der Waals surface area contributed by atoms with Crippen molar-refractivity contribution in [3.05, 3.63) is 0 Å². The van der Waals surface area contributed by atoms with Crippen LogP contribution in [0.3, 0.4) is 0 Å². The minimum atomic E-state index is -7.46. The zero-order chi connectivity index (χ0) is 98.3. The molecule has 0 aromatic rings. The van der Waals surface area contributed by atoms with E-state index >= 15 is 0 Å². The molecule has 0 radical (unpaired) electrons. The van der Waals surface area contributed by atoms with Gasteiger partial charge in [-0.05, 0) is 6.42 Å². The topological polar surface area (TPSA) is 1160 Å². The summed E-state index contributed by atoms with van der Waals surface area (Å²) < 4.78 is 717. The van der Waals surface area contributed by atoms with Crippen molar-refractivity contribution in [2.75, 3.05) is 39.6 Å². The van der Waals surface area contributed by atoms with Crippen LogP contribution in [0.4, 0.5) is 0 Å². The van der Waals surface area contributed by atoms with Crippen molar-refractivity contribution in [1.82, 2.24) is 0 Å². The Morgan fingerprint density at radius 2 is 0.319 bits per heavy atom. The minimum absolute atomic E-state index is 0. The van der Waals surface area contributed by atoms with Crippen LogP contribution < -0.4 is 473 Å². The summed E-state index contributed by atoms with van der Waals surface area (Å²) in [5.74, 6) is 0. The zero-order valence-electron chi connectivity index (χ0n) is 76.7. The van der Waals surface area contributed by atoms with Crippen LogP contribution in [0.5, 0.6) is 0 Å². The van der Waals surface area contributed by atoms with Crippen LogP contribution in [0.1, 0.15) is 45.4 Å². The van der Waals surface area contributed by atoms with E-state index in [-0.39, 0.29) is 492 Å². The predicted molar refractivity (Wildman–Crippen MR) is 341 cm³/mol. The maximum atomic E-state index is 13.2. The summed E-state index contributed by atoms with van der Waals surface area (Å²) in [7, 11) is -111. The molecule has 74 nitrogen and oxygen atoms in total. The van der Waals surface area contributed by atoms with Gasteiger partial charge < -0.3 is 120 Å². The molecule has 0 N–H and O–H groups in total. The third-order valence-corrected chi connectivity index (χ3v) is 22.5. The fraction of sp³-hybridized carbons (Fsp3) is 1.00. The first-order valence-electron chi connectivity index (χ1n) is 31.9. The van der Waals surface area contributed by atoms with E-state index in [0.717, 1.165) is 0 Å². The van der Waals surface area contributed by atoms with E-state index < -0.39 is 360 Å². The van der Waals surface area contributed by atoms with Crippen molar-refractivity contribution in [2.45, 2.75) is 199 Å². The Labute approximate surface area is 1180 Å². The van der Waals surface area contributed by atoms with E-state index in [1.54, 1.807) is 6.92 Å². The largest absolute Gasteiger partial charge is 1.00 e. The molecular weight excluding hydrogens is 2520 g/mol. The number of hydrogen-bond donors (Lipinski definition) is 0. The Morgan fingerprint density at radius 3 is 0.507 bits per heavy atom. The maximum absolute atomic E-state index is 13.2. The Morgan fingerprint density at radius 1 is 0.174 bits per heavy atom. The van der Waals surface area contributed by atoms with Crippen molar-refractivity contribution in [2.24, 2.45) is 0 Å². The molecule has 144 heavy (non-hydrogen) atoms. The van der Waals surface area contributed by atoms with Gasteiger partial charge in [0.25, 0.3) is 0 Å². The standard InChI is InChI=1S/C38H68O74S16.16Na/c1-2-3-4-5-6-7-8-87-34-29(27(107-123(69,70)71)22(105-121(63,64)65)17(93-34)12-91-116(48,49)50)101-37-32(111-127(81,82)83)26(21(104-120(60,61)62)16(96-37)11-90-115(45,46)47)99-35-30(109-125(75,76)77)24(19(102-118(54,55)56)14(94-35)9-88-113(39,40)41)98-36-31(110-126(78,79)80)25(20(103-119(57,58)59)15(95-36)10-89-114(42,43)44)100-38-33(112-128(84,85)86)28(108-124(72,73)74)23(106-122(66,67)68)18(97-38)13-92-117(51,52)53;;;;;;;;;;;;;;;;/h14-38H,2-13H2,1H3,(H,39,40,41)(H,42,43,44)(H,45,46,47)(H,48,49,50)(H,51,52,53)(H,54,55,56)(H,57,58,59)(H,60,61,62)(H,63,64,65)(H,66,67,68)(H,69,70,71)(H,72,73,74)(H,75,76,77)(H,78,79,80)(H,81,82,83)(H,84,85,86);;;;;;;;;;;;;;;;/q;16*+1/p-16/t14-,15-,16-,17-,18-,19-,20-,21-,22-,23-,24+,25+,26+,27+,28+,29+,30+,31+,32+,33+,34+,35-,36-,37-,38-;;;;;;;;;;;;;;;;/m1................/s1. The van der Waals surface area contributed by atoms with E-state index in [1.165, 1.54) is 0 Å². The van der Waals surface area contributed by atoms with Crippen LogP contribution >= 0.6 is 0 Å². The molecule has 0 aromatic carbocycles. The van der Waals surface area contributed by atoms with Crippen LogP contribution in [-0.4, -0.2) is 401 Å². The molecule has 0 saturated carbocycles. The van der Waals surface area contributed by atoms with Crippen LogP contribution in [0.15, 0.2) is 0 Å². The average Bonchev–Trinajstić information content (AvgIpc) is 0.747. The molecule has 760 valence electrons. The third kappa shape index (κ3) is 74.3. The molecule has 0 aromatic heterocycles. The van der Waals surface area contributed by atoms with E-state index in [9.17, 15) is 208 Å². The second-order valence-corrected chi connectivity index (χ2v) is 40.7. The van der Waals surface area contributed by atoms with Gasteiger partial charge in [0.2, 0.25) is 166 Å². The number of hydrogen-bond acceptors (Lipinski definition) is 74. The Hall–Kier alpha value is 13.5. The molecule has 0 amide bonds. The van der Waals surface area contributed by atoms with E-state index in [4.69, 9.17) is 47.4 Å². The fourth-order valence-corrected chi connectivity index (χ4v) is 18.3. The van der Waals surface area contributed by atoms with Gasteiger partial charge in [0.1, 0.15) is 97.7 Å². The summed E-state index contributed by atoms with van der Waals surface area (Å²) in [4.78, 5) is 0. The van der Waals surface area contributed by atoms with E-state index in [2.05, 4.69) is 66.9 Å². The van der Waals surface area contributed by atoms with Gasteiger partial charge in [-0.1, -0.05) is 39.0 Å². The molecule has 0 unspecified atom stereocenters. The second-order valence-electron chi connectivity index (χ2n) is 24.4. The predicted octanol–water partition coefficient (Wildman–Crippen LogP) is -64.7. The summed E-state index contributed by atoms with van der Waals surface area (Å²) in [5, 5.41) is 0. The number of ether oxygens (including phenoxy) is 10. The molecular formula is C38H52Na16O74S16. The summed E-state index contributed by atoms with van der Waals surface area (Å²) >= 11 is 0. The molecule has 25 atom stereocenters. The monoisotopic (exact) mass is 2570 g/mol. The van der Waals surface area contributed by atoms with Gasteiger partial charge in [-0.2, -0.15) is 0 Å². The van der Waals surface area contributed by atoms with E-state index in [0.29, 0.717) is 19.3 Å². The van der Waals surface area contributed by atoms with Gasteiger partial charge in [0.15, 0.2) is 55.9 Å². The summed E-state index contributed by atoms with van der Waals surface area (Å²) in [5.41, 5.74) is 0. The number of rotatable bonds is 53. The molecule has 0 aliphatic carbocycles. The smallest absolute Gasteiger partial charge is 0.726 e. The molecule has 106 heteroatoms. The van der Waals surface area contributed by atoms with Crippen LogP contribution in [-0.2, 0) is 281 Å². The van der Waals surface area contributed by atoms with Crippen molar-refractivity contribution in [1.29, 1.82) is 0 Å². The normalized spacial score (nSPS) is 28.5. The van der Waals surface area contributed by atoms with Crippen LogP contribution in [0.2, 0.25) is 0 Å². The molecule has 5 aliphatic rings. The van der Waals surface area contributed by atoms with Gasteiger partial charge >= 0.3 is 473 Å². The Balaban J connectivity index is -0.00000109. The first-order valence-corrected chi connectivity index (χ1v) is 53.2. The molecule has 0 bridgehead atoms. The SMILES string of the molecule is CCCCCCCCO[C@H]1O[C@H](COS(=O)(=O)[O-])[C@@H](OS(=O)(=O)[O-])[C@H](OS(=O)(=O)[O-])[C@@H]1O[C@H]1O[C@H](COS(=O)(=O)[O-])[C@@H](OS(=O)(=O)[O-])[C@H](O[C@H]2O[C@H](COS(=O)(=O)[O-])[C@@H](OS(=O)(=O)[O-])[C@H](O[C@H]3O[C@H](COS(=O)(=O)[O-])[C@@H](OS(=O)(=O)[O-])[C@H](O[C@H]4O[C@H](COS(=O)(=O)[O-])[C@@H](OS(=O)(=O)[O-])[C@H](OS(=O)(=O)[O-])[C@@H]4OS(=O)(=O)[O-])[C@@H]3OS(=O)(=O)[O-])[C@@H]2OS(=O)(=O)[O-])[C@@H]1OS(=O)(=O)[O-].[Na+].[Na+].[Na+].[Na+].[Na+].[Na+].[Na+].[Na+].[Na+].[Na+].[Na+].[Na+].[Na+].[Na+].[Na+].[Na+]. The van der Waals surface area contributed by atoms with Crippen molar-refractivity contribution in [3.63, 3.8) is 0 Å². The molecule has 0 spiro atoms. The van der Waals surface area contributed by atoms with Gasteiger partial charge in [-0.25, -0.2) is 135 Å². The van der Waals surface area contributed by atoms with Crippen molar-refractivity contribution >= 4 is 166 Å². The van der Waals surface area contributed by atoms with Crippen molar-refractivity contribution in [3.8, 4) is 0 Å². The average molecular weight is 2570 g/mol. The maximum Gasteiger partial charge on any atom is 1.00 e. The van der Waals surface area contributed by atoms with Gasteiger partial charge in [-0.3, -0.25) is 66.9 Å². The van der Waals surface area contributed by atoms with Gasteiger partial charge in [0, 0.05) is 6.61 Å². The minimum Gasteiger partial charge on any atom is -0.726 e. The first kappa shape index (κ1) is 182. The second kappa shape index (κ2) is 76.5. The molecule has 5 rings (SSSR count). The quantitative estimate of drug-likeness (QED) is 0.0236. The van der Waals surface area contributed by atoms with Gasteiger partial charge in [0.05, 0.1) is 33.0 Å². The fourth-order valence-electron chi connectivity index (χ4n) is 11.4. The van der Waals surface area contributed by atoms with Crippen LogP contribution in [0.25, 0.3) is 0 Å². The summed E-state index contributed by atoms with van der Waals surface area (Å²) in [6.07, 6.45) is -98.6. The molecule has 5 aliphatic heterocycles. The molecule has 5 heterocycles. The Bertz CT molecular complexity index is 5800. The number of unbranched alkanes of at least 4 members (excludes halogenated alkanes) is 5. The van der Waals surface area contributed by atoms with Crippen LogP contribution in [0, 0.1) is 0 Å². The summed E-state index contributed by atoms with van der Waals surface area (Å²) in [6.45, 7) is -12.0. The van der Waals surface area contributed by atoms with Gasteiger partial charge in [-0.15, -0.1) is 0 Å². The Kier molecular flexibility index (Phi) is 96.8.